The first-order chi connectivity index (χ1) is 15.4. The van der Waals surface area contributed by atoms with E-state index in [1.165, 1.54) is 33.3 Å². The molecular weight excluding hydrogens is 418 g/mol. The fourth-order valence-electron chi connectivity index (χ4n) is 3.73. The predicted octanol–water partition coefficient (Wildman–Crippen LogP) is 2.14. The first kappa shape index (κ1) is 23.0. The van der Waals surface area contributed by atoms with Gasteiger partial charge in [0.2, 0.25) is 5.75 Å². The number of amides is 1. The van der Waals surface area contributed by atoms with Crippen LogP contribution in [0.1, 0.15) is 17.2 Å². The molecule has 0 saturated carbocycles. The third-order valence-electron chi connectivity index (χ3n) is 5.25. The van der Waals surface area contributed by atoms with Crippen LogP contribution in [-0.2, 0) is 9.59 Å². The number of benzene rings is 2. The summed E-state index contributed by atoms with van der Waals surface area (Å²) < 4.78 is 21.3. The van der Waals surface area contributed by atoms with Gasteiger partial charge in [0.1, 0.15) is 11.5 Å². The molecule has 3 rings (SSSR count). The van der Waals surface area contributed by atoms with E-state index in [4.69, 9.17) is 18.9 Å². The largest absolute Gasteiger partial charge is 0.507 e. The minimum Gasteiger partial charge on any atom is -0.507 e. The highest BCUT2D eigenvalue weighted by molar-refractivity contribution is 6.46. The van der Waals surface area contributed by atoms with Gasteiger partial charge in [-0.15, -0.1) is 0 Å². The average Bonchev–Trinajstić information content (AvgIpc) is 3.07. The first-order valence-electron chi connectivity index (χ1n) is 9.75. The molecule has 2 aromatic carbocycles. The van der Waals surface area contributed by atoms with E-state index in [0.29, 0.717) is 34.1 Å². The van der Waals surface area contributed by atoms with Gasteiger partial charge in [0, 0.05) is 12.1 Å². The summed E-state index contributed by atoms with van der Waals surface area (Å²) in [5, 5.41) is 20.5. The van der Waals surface area contributed by atoms with Crippen LogP contribution in [0.15, 0.2) is 42.0 Å². The second kappa shape index (κ2) is 9.61. The lowest BCUT2D eigenvalue weighted by atomic mass is 9.94. The molecular formula is C23H25NO8. The first-order valence-corrected chi connectivity index (χ1v) is 9.75. The van der Waals surface area contributed by atoms with E-state index in [0.717, 1.165) is 0 Å². The van der Waals surface area contributed by atoms with Crippen LogP contribution in [0, 0.1) is 0 Å². The van der Waals surface area contributed by atoms with Crippen molar-refractivity contribution in [1.29, 1.82) is 0 Å². The summed E-state index contributed by atoms with van der Waals surface area (Å²) in [6.07, 6.45) is 0. The summed E-state index contributed by atoms with van der Waals surface area (Å²) in [7, 11) is 5.87. The molecule has 1 fully saturated rings. The molecule has 2 aromatic rings. The number of carbonyl (C=O) groups is 2. The summed E-state index contributed by atoms with van der Waals surface area (Å²) >= 11 is 0. The lowest BCUT2D eigenvalue weighted by molar-refractivity contribution is -0.140. The maximum Gasteiger partial charge on any atom is 0.295 e. The van der Waals surface area contributed by atoms with Gasteiger partial charge >= 0.3 is 0 Å². The predicted molar refractivity (Wildman–Crippen MR) is 115 cm³/mol. The molecule has 1 aliphatic rings. The van der Waals surface area contributed by atoms with E-state index >= 15 is 0 Å². The molecule has 170 valence electrons. The van der Waals surface area contributed by atoms with Crippen LogP contribution in [-0.4, -0.2) is 68.4 Å². The molecule has 32 heavy (non-hydrogen) atoms. The van der Waals surface area contributed by atoms with Crippen molar-refractivity contribution >= 4 is 17.4 Å². The maximum atomic E-state index is 12.9. The molecule has 1 saturated heterocycles. The third kappa shape index (κ3) is 3.94. The fraction of sp³-hybridized carbons (Fsp3) is 0.304. The second-order valence-corrected chi connectivity index (χ2v) is 6.90. The monoisotopic (exact) mass is 443 g/mol. The van der Waals surface area contributed by atoms with Crippen LogP contribution in [0.2, 0.25) is 0 Å². The summed E-state index contributed by atoms with van der Waals surface area (Å²) in [6, 6.07) is 8.66. The van der Waals surface area contributed by atoms with Gasteiger partial charge in [0.25, 0.3) is 11.7 Å². The van der Waals surface area contributed by atoms with Crippen molar-refractivity contribution in [3.8, 4) is 23.0 Å². The molecule has 1 amide bonds. The molecule has 0 unspecified atom stereocenters. The molecule has 2 N–H and O–H groups in total. The molecule has 0 bridgehead atoms. The van der Waals surface area contributed by atoms with E-state index < -0.39 is 17.7 Å². The molecule has 1 heterocycles. The van der Waals surface area contributed by atoms with Crippen LogP contribution in [0.25, 0.3) is 5.76 Å². The maximum absolute atomic E-state index is 12.9. The van der Waals surface area contributed by atoms with E-state index in [1.54, 1.807) is 36.4 Å². The van der Waals surface area contributed by atoms with Crippen LogP contribution in [0.5, 0.6) is 23.0 Å². The van der Waals surface area contributed by atoms with Crippen LogP contribution < -0.4 is 18.9 Å². The number of hydrogen-bond acceptors (Lipinski definition) is 8. The number of ketones is 1. The molecule has 9 nitrogen and oxygen atoms in total. The number of ether oxygens (including phenoxy) is 4. The number of carbonyl (C=O) groups excluding carboxylic acids is 2. The molecule has 1 aliphatic heterocycles. The smallest absolute Gasteiger partial charge is 0.295 e. The molecule has 0 radical (unpaired) electrons. The molecule has 1 atom stereocenters. The molecule has 9 heteroatoms. The van der Waals surface area contributed by atoms with Crippen molar-refractivity contribution in [1.82, 2.24) is 4.90 Å². The quantitative estimate of drug-likeness (QED) is 0.362. The van der Waals surface area contributed by atoms with Gasteiger partial charge in [-0.2, -0.15) is 0 Å². The number of aliphatic hydroxyl groups excluding tert-OH is 2. The minimum absolute atomic E-state index is 0.106. The Hall–Kier alpha value is -3.72. The van der Waals surface area contributed by atoms with Crippen molar-refractivity contribution in [2.75, 3.05) is 41.6 Å². The molecule has 0 aromatic heterocycles. The Balaban J connectivity index is 2.24. The van der Waals surface area contributed by atoms with Crippen LogP contribution in [0.4, 0.5) is 0 Å². The number of β-amino-alcohol motifs (C(OH)–C–C–N with tert-alkyl or cyclic N) is 1. The number of Topliss-reactive ketones (excluding diaryl/α,β-unsaturated/α-hetero) is 1. The Kier molecular flexibility index (Phi) is 6.89. The highest BCUT2D eigenvalue weighted by atomic mass is 16.5. The van der Waals surface area contributed by atoms with Gasteiger partial charge in [0.05, 0.1) is 46.7 Å². The average molecular weight is 443 g/mol. The fourth-order valence-corrected chi connectivity index (χ4v) is 3.73. The zero-order chi connectivity index (χ0) is 23.4. The Morgan fingerprint density at radius 1 is 0.938 bits per heavy atom. The Bertz CT molecular complexity index is 1020. The van der Waals surface area contributed by atoms with Crippen molar-refractivity contribution in [2.24, 2.45) is 0 Å². The normalized spacial score (nSPS) is 17.4. The third-order valence-corrected chi connectivity index (χ3v) is 5.25. The lowest BCUT2D eigenvalue weighted by Crippen LogP contribution is -2.32. The van der Waals surface area contributed by atoms with Crippen LogP contribution in [0.3, 0.4) is 0 Å². The van der Waals surface area contributed by atoms with E-state index in [-0.39, 0.29) is 24.5 Å². The topological polar surface area (TPSA) is 115 Å². The van der Waals surface area contributed by atoms with Crippen molar-refractivity contribution in [3.05, 3.63) is 53.1 Å². The van der Waals surface area contributed by atoms with Gasteiger partial charge in [0.15, 0.2) is 11.5 Å². The number of nitrogens with zero attached hydrogens (tertiary/aromatic N) is 1. The number of methoxy groups -OCH3 is 4. The van der Waals surface area contributed by atoms with Gasteiger partial charge in [-0.05, 0) is 42.0 Å². The van der Waals surface area contributed by atoms with E-state index in [1.807, 2.05) is 0 Å². The number of aliphatic hydroxyl groups is 2. The van der Waals surface area contributed by atoms with Crippen molar-refractivity contribution in [2.45, 2.75) is 6.04 Å². The summed E-state index contributed by atoms with van der Waals surface area (Å²) in [5.74, 6) is -0.471. The van der Waals surface area contributed by atoms with Gasteiger partial charge in [-0.3, -0.25) is 9.59 Å². The van der Waals surface area contributed by atoms with Crippen LogP contribution >= 0.6 is 0 Å². The highest BCUT2D eigenvalue weighted by Gasteiger charge is 2.46. The van der Waals surface area contributed by atoms with Gasteiger partial charge in [-0.1, -0.05) is 0 Å². The number of likely N-dealkylation sites (tertiary alicyclic amines) is 1. The molecule has 0 spiro atoms. The van der Waals surface area contributed by atoms with E-state index in [9.17, 15) is 19.8 Å². The zero-order valence-electron chi connectivity index (χ0n) is 18.2. The Morgan fingerprint density at radius 3 is 2.00 bits per heavy atom. The number of hydrogen-bond donors (Lipinski definition) is 2. The van der Waals surface area contributed by atoms with Crippen molar-refractivity contribution in [3.63, 3.8) is 0 Å². The summed E-state index contributed by atoms with van der Waals surface area (Å²) in [6.45, 7) is -0.470. The number of rotatable bonds is 8. The molecule has 0 aliphatic carbocycles. The second-order valence-electron chi connectivity index (χ2n) is 6.90. The standard InChI is InChI=1S/C23H25NO8/c1-29-15-7-5-13(6-8-15)20(26)18-19(24(9-10-25)23(28)21(18)27)14-11-16(30-2)22(32-4)17(12-14)31-3/h5-8,11-12,19,25-26H,9-10H2,1-4H3/b20-18+/t19-/m0/s1. The SMILES string of the molecule is COc1ccc(/C(O)=C2\C(=O)C(=O)N(CCO)[C@H]2c2cc(OC)c(OC)c(OC)c2)cc1. The minimum atomic E-state index is -0.974. The zero-order valence-corrected chi connectivity index (χ0v) is 18.2. The van der Waals surface area contributed by atoms with E-state index in [2.05, 4.69) is 0 Å². The highest BCUT2D eigenvalue weighted by Crippen LogP contribution is 2.45. The van der Waals surface area contributed by atoms with Crippen molar-refractivity contribution < 1.29 is 38.7 Å². The lowest BCUT2D eigenvalue weighted by Gasteiger charge is -2.26. The summed E-state index contributed by atoms with van der Waals surface area (Å²) in [4.78, 5) is 26.9. The Morgan fingerprint density at radius 2 is 1.53 bits per heavy atom. The summed E-state index contributed by atoms with van der Waals surface area (Å²) in [5.41, 5.74) is 0.676. The van der Waals surface area contributed by atoms with Gasteiger partial charge in [-0.25, -0.2) is 0 Å². The Labute approximate surface area is 185 Å². The van der Waals surface area contributed by atoms with Gasteiger partial charge < -0.3 is 34.1 Å².